The van der Waals surface area contributed by atoms with Crippen molar-refractivity contribution in [1.82, 2.24) is 10.4 Å². The minimum Gasteiger partial charge on any atom is -0.394 e. The molecule has 8 atom stereocenters. The van der Waals surface area contributed by atoms with Gasteiger partial charge in [0.25, 0.3) is 0 Å². The van der Waals surface area contributed by atoms with Crippen LogP contribution in [0.4, 0.5) is 0 Å². The number of aryl methyl sites for hydroxylation is 1. The Hall–Kier alpha value is -1.47. The molecule has 4 fully saturated rings. The first-order valence-corrected chi connectivity index (χ1v) is 11.7. The van der Waals surface area contributed by atoms with Crippen LogP contribution < -0.4 is 5.32 Å². The van der Waals surface area contributed by atoms with E-state index < -0.39 is 24.2 Å². The van der Waals surface area contributed by atoms with Crippen molar-refractivity contribution in [2.24, 2.45) is 29.1 Å². The summed E-state index contributed by atoms with van der Waals surface area (Å²) < 4.78 is 0. The summed E-state index contributed by atoms with van der Waals surface area (Å²) in [5.74, 6) is 1.12. The van der Waals surface area contributed by atoms with Gasteiger partial charge in [0, 0.05) is 12.0 Å². The van der Waals surface area contributed by atoms with Gasteiger partial charge >= 0.3 is 0 Å². The van der Waals surface area contributed by atoms with Crippen molar-refractivity contribution in [3.8, 4) is 0 Å². The van der Waals surface area contributed by atoms with E-state index in [9.17, 15) is 15.0 Å². The van der Waals surface area contributed by atoms with E-state index in [-0.39, 0.29) is 18.6 Å². The zero-order chi connectivity index (χ0) is 22.5. The maximum absolute atomic E-state index is 13.6. The Balaban J connectivity index is 1.53. The molecule has 1 saturated heterocycles. The third-order valence-corrected chi connectivity index (χ3v) is 8.48. The number of aliphatic hydroxyl groups is 2. The smallest absolute Gasteiger partial charge is 0.240 e. The van der Waals surface area contributed by atoms with Crippen molar-refractivity contribution in [1.29, 1.82) is 0 Å². The molecule has 3 N–H and O–H groups in total. The Morgan fingerprint density at radius 3 is 2.68 bits per heavy atom. The molecule has 31 heavy (non-hydrogen) atoms. The van der Waals surface area contributed by atoms with E-state index in [1.54, 1.807) is 12.0 Å². The Morgan fingerprint density at radius 1 is 1.35 bits per heavy atom. The van der Waals surface area contributed by atoms with Crippen molar-refractivity contribution >= 4 is 5.91 Å². The summed E-state index contributed by atoms with van der Waals surface area (Å²) in [7, 11) is 0. The highest BCUT2D eigenvalue weighted by atomic mass is 16.7. The van der Waals surface area contributed by atoms with Gasteiger partial charge in [-0.2, -0.15) is 5.06 Å². The van der Waals surface area contributed by atoms with Gasteiger partial charge in [-0.1, -0.05) is 50.6 Å². The van der Waals surface area contributed by atoms with Crippen LogP contribution in [0.5, 0.6) is 0 Å². The van der Waals surface area contributed by atoms with Gasteiger partial charge in [0.15, 0.2) is 0 Å². The number of nitrogens with zero attached hydrogens (tertiary/aromatic N) is 1. The van der Waals surface area contributed by atoms with Crippen molar-refractivity contribution in [2.75, 3.05) is 6.61 Å². The van der Waals surface area contributed by atoms with Gasteiger partial charge in [0.2, 0.25) is 5.91 Å². The number of carbonyl (C=O) groups is 1. The first-order chi connectivity index (χ1) is 14.6. The van der Waals surface area contributed by atoms with E-state index in [0.717, 1.165) is 17.5 Å². The molecule has 1 aromatic carbocycles. The normalized spacial score (nSPS) is 37.8. The number of aliphatic hydroxyl groups excluding tert-OH is 2. The van der Waals surface area contributed by atoms with Gasteiger partial charge in [-0.15, -0.1) is 0 Å². The highest BCUT2D eigenvalue weighted by Gasteiger charge is 2.57. The number of hydroxylamine groups is 2. The van der Waals surface area contributed by atoms with Gasteiger partial charge in [0.1, 0.15) is 12.1 Å². The molecule has 1 unspecified atom stereocenters. The lowest BCUT2D eigenvalue weighted by Crippen LogP contribution is -2.62. The van der Waals surface area contributed by atoms with Gasteiger partial charge in [-0.05, 0) is 55.4 Å². The zero-order valence-corrected chi connectivity index (χ0v) is 19.4. The quantitative estimate of drug-likeness (QED) is 0.646. The molecule has 1 amide bonds. The molecule has 6 heteroatoms. The first kappa shape index (κ1) is 22.7. The highest BCUT2D eigenvalue weighted by molar-refractivity contribution is 5.82. The molecular weight excluding hydrogens is 392 g/mol. The Bertz CT molecular complexity index is 810. The fourth-order valence-corrected chi connectivity index (χ4v) is 6.47. The van der Waals surface area contributed by atoms with Crippen LogP contribution in [0.25, 0.3) is 0 Å². The van der Waals surface area contributed by atoms with E-state index in [4.69, 9.17) is 4.84 Å². The summed E-state index contributed by atoms with van der Waals surface area (Å²) in [4.78, 5) is 19.6. The molecule has 3 saturated carbocycles. The van der Waals surface area contributed by atoms with Gasteiger partial charge in [0.05, 0.1) is 19.3 Å². The molecule has 1 aliphatic heterocycles. The average molecular weight is 431 g/mol. The summed E-state index contributed by atoms with van der Waals surface area (Å²) in [6.45, 7) is 10.9. The highest BCUT2D eigenvalue weighted by Crippen LogP contribution is 2.61. The molecule has 6 nitrogen and oxygen atoms in total. The van der Waals surface area contributed by atoms with Crippen LogP contribution in [0, 0.1) is 36.0 Å². The van der Waals surface area contributed by atoms with Crippen LogP contribution in [-0.4, -0.2) is 52.1 Å². The molecule has 172 valence electrons. The van der Waals surface area contributed by atoms with E-state index in [1.807, 2.05) is 25.1 Å². The molecule has 1 aromatic rings. The maximum atomic E-state index is 13.6. The number of hydrogen-bond donors (Lipinski definition) is 3. The molecule has 0 radical (unpaired) electrons. The number of amides is 1. The summed E-state index contributed by atoms with van der Waals surface area (Å²) in [6.07, 6.45) is 0.892. The Labute approximate surface area is 185 Å². The summed E-state index contributed by atoms with van der Waals surface area (Å²) in [5, 5.41) is 25.3. The first-order valence-electron chi connectivity index (χ1n) is 11.7. The van der Waals surface area contributed by atoms with Gasteiger partial charge in [-0.25, -0.2) is 0 Å². The lowest BCUT2D eigenvalue weighted by Gasteiger charge is -2.62. The van der Waals surface area contributed by atoms with Crippen LogP contribution in [0.2, 0.25) is 0 Å². The predicted octanol–water partition coefficient (Wildman–Crippen LogP) is 2.66. The monoisotopic (exact) mass is 430 g/mol. The fourth-order valence-electron chi connectivity index (χ4n) is 6.47. The van der Waals surface area contributed by atoms with E-state index in [0.29, 0.717) is 29.7 Å². The predicted molar refractivity (Wildman–Crippen MR) is 119 cm³/mol. The molecule has 1 heterocycles. The SMILES string of the molecule is Cc1cccc(CN2O[C@@H](CO)C([C@H](C)O)[C@H]2C(=O)N[C@H]2C[C@H]3C[C@H]([C@@H]2C)C3(C)C)c1. The number of carbonyl (C=O) groups excluding carboxylic acids is 1. The standard InChI is InChI=1S/C25H38N2O4/c1-14-7-6-8-17(9-14)12-27-23(22(16(3)29)21(13-28)31-27)24(30)26-20-11-18-10-19(15(20)2)25(18,4)5/h6-9,15-16,18-23,28-29H,10-13H2,1-5H3,(H,26,30)/t15-,16-,18+,19+,20-,21-,22?,23-/m0/s1. The summed E-state index contributed by atoms with van der Waals surface area (Å²) in [6, 6.07) is 7.60. The molecular formula is C25H38N2O4. The van der Waals surface area contributed by atoms with Crippen molar-refractivity contribution < 1.29 is 19.8 Å². The van der Waals surface area contributed by atoms with Crippen LogP contribution in [0.3, 0.4) is 0 Å². The number of fused-ring (bicyclic) bond motifs is 2. The average Bonchev–Trinajstić information content (AvgIpc) is 3.07. The topological polar surface area (TPSA) is 82.0 Å². The fraction of sp³-hybridized carbons (Fsp3) is 0.720. The molecule has 2 bridgehead atoms. The molecule has 0 aromatic heterocycles. The minimum atomic E-state index is -0.772. The van der Waals surface area contributed by atoms with E-state index >= 15 is 0 Å². The van der Waals surface area contributed by atoms with Crippen LogP contribution in [-0.2, 0) is 16.2 Å². The second kappa shape index (κ2) is 8.47. The van der Waals surface area contributed by atoms with Crippen LogP contribution >= 0.6 is 0 Å². The van der Waals surface area contributed by atoms with Crippen molar-refractivity contribution in [3.05, 3.63) is 35.4 Å². The lowest BCUT2D eigenvalue weighted by atomic mass is 9.45. The third-order valence-electron chi connectivity index (χ3n) is 8.48. The molecule has 0 spiro atoms. The number of nitrogens with one attached hydrogen (secondary N) is 1. The van der Waals surface area contributed by atoms with Crippen molar-refractivity contribution in [2.45, 2.75) is 78.3 Å². The number of rotatable bonds is 6. The second-order valence-corrected chi connectivity index (χ2v) is 10.7. The maximum Gasteiger partial charge on any atom is 0.240 e. The van der Waals surface area contributed by atoms with Crippen LogP contribution in [0.15, 0.2) is 24.3 Å². The van der Waals surface area contributed by atoms with Gasteiger partial charge in [-0.3, -0.25) is 9.63 Å². The van der Waals surface area contributed by atoms with Crippen LogP contribution in [0.1, 0.15) is 51.7 Å². The molecule has 3 aliphatic carbocycles. The summed E-state index contributed by atoms with van der Waals surface area (Å²) >= 11 is 0. The largest absolute Gasteiger partial charge is 0.394 e. The van der Waals surface area contributed by atoms with E-state index in [2.05, 4.69) is 32.2 Å². The number of hydrogen-bond acceptors (Lipinski definition) is 5. The lowest BCUT2D eigenvalue weighted by molar-refractivity contribution is -0.183. The number of benzene rings is 1. The molecule has 5 rings (SSSR count). The zero-order valence-electron chi connectivity index (χ0n) is 19.4. The second-order valence-electron chi connectivity index (χ2n) is 10.7. The van der Waals surface area contributed by atoms with Crippen molar-refractivity contribution in [3.63, 3.8) is 0 Å². The summed E-state index contributed by atoms with van der Waals surface area (Å²) in [5.41, 5.74) is 2.54. The Morgan fingerprint density at radius 2 is 2.10 bits per heavy atom. The van der Waals surface area contributed by atoms with E-state index in [1.165, 1.54) is 6.42 Å². The van der Waals surface area contributed by atoms with Gasteiger partial charge < -0.3 is 15.5 Å². The Kier molecular flexibility index (Phi) is 6.21. The third kappa shape index (κ3) is 4.04. The minimum absolute atomic E-state index is 0.106. The molecule has 4 aliphatic rings.